The van der Waals surface area contributed by atoms with Gasteiger partial charge < -0.3 is 0 Å². The minimum atomic E-state index is -0.339. The van der Waals surface area contributed by atoms with Crippen LogP contribution in [0.3, 0.4) is 0 Å². The van der Waals surface area contributed by atoms with E-state index >= 15 is 0 Å². The first-order valence-corrected chi connectivity index (χ1v) is 9.86. The Morgan fingerprint density at radius 1 is 1.11 bits per heavy atom. The van der Waals surface area contributed by atoms with Crippen LogP contribution in [0.2, 0.25) is 10.0 Å². The van der Waals surface area contributed by atoms with E-state index in [1.165, 1.54) is 16.0 Å². The average molecular weight is 430 g/mol. The highest BCUT2D eigenvalue weighted by molar-refractivity contribution is 7.12. The first kappa shape index (κ1) is 18.6. The molecule has 0 atom stereocenters. The van der Waals surface area contributed by atoms with E-state index in [1.807, 2.05) is 35.7 Å². The van der Waals surface area contributed by atoms with Crippen molar-refractivity contribution in [1.29, 1.82) is 0 Å². The molecule has 0 bridgehead atoms. The third kappa shape index (κ3) is 3.64. The molecule has 4 aromatic rings. The molecule has 0 spiro atoms. The molecule has 6 nitrogen and oxygen atoms in total. The molecule has 1 N–H and O–H groups in total. The van der Waals surface area contributed by atoms with E-state index in [-0.39, 0.29) is 11.2 Å². The van der Waals surface area contributed by atoms with Crippen LogP contribution in [-0.2, 0) is 0 Å². The highest BCUT2D eigenvalue weighted by Gasteiger charge is 2.15. The number of aromatic amines is 1. The normalized spacial score (nSPS) is 11.4. The summed E-state index contributed by atoms with van der Waals surface area (Å²) in [6, 6.07) is 14.6. The van der Waals surface area contributed by atoms with E-state index in [0.717, 1.165) is 11.3 Å². The smallest absolute Gasteiger partial charge is 0.291 e. The van der Waals surface area contributed by atoms with Gasteiger partial charge in [-0.2, -0.15) is 4.68 Å². The molecule has 0 aliphatic rings. The van der Waals surface area contributed by atoms with Gasteiger partial charge in [-0.15, -0.1) is 21.6 Å². The molecule has 2 heterocycles. The van der Waals surface area contributed by atoms with E-state index in [1.54, 1.807) is 25.1 Å². The molecule has 0 saturated heterocycles. The van der Waals surface area contributed by atoms with Crippen LogP contribution < -0.4 is 5.56 Å². The Morgan fingerprint density at radius 3 is 2.68 bits per heavy atom. The summed E-state index contributed by atoms with van der Waals surface area (Å²) in [4.78, 5) is 17.3. The summed E-state index contributed by atoms with van der Waals surface area (Å²) in [7, 11) is 0. The van der Waals surface area contributed by atoms with Crippen LogP contribution in [0.1, 0.15) is 5.69 Å². The van der Waals surface area contributed by atoms with Gasteiger partial charge in [0, 0.05) is 16.0 Å². The number of hydrogen-bond acceptors (Lipinski definition) is 5. The number of hydrogen-bond donors (Lipinski definition) is 1. The van der Waals surface area contributed by atoms with Gasteiger partial charge in [0.25, 0.3) is 0 Å². The fourth-order valence-corrected chi connectivity index (χ4v) is 3.68. The zero-order valence-corrected chi connectivity index (χ0v) is 16.9. The van der Waals surface area contributed by atoms with Crippen LogP contribution in [0, 0.1) is 6.92 Å². The number of rotatable bonds is 4. The SMILES string of the molecule is Cc1[nH]n(-c2nc(-c3ccccc3)cs2)c(=O)c1N=Nc1cc(Cl)ccc1Cl. The summed E-state index contributed by atoms with van der Waals surface area (Å²) in [5.41, 5.74) is 2.59. The Hall–Kier alpha value is -2.74. The largest absolute Gasteiger partial charge is 0.301 e. The van der Waals surface area contributed by atoms with Crippen molar-refractivity contribution in [2.75, 3.05) is 0 Å². The molecular weight excluding hydrogens is 417 g/mol. The van der Waals surface area contributed by atoms with Crippen LogP contribution in [0.4, 0.5) is 11.4 Å². The Morgan fingerprint density at radius 2 is 1.89 bits per heavy atom. The first-order chi connectivity index (χ1) is 13.5. The number of H-pyrrole nitrogens is 1. The Kier molecular flexibility index (Phi) is 5.13. The Labute approximate surface area is 174 Å². The van der Waals surface area contributed by atoms with Gasteiger partial charge in [-0.1, -0.05) is 53.5 Å². The lowest BCUT2D eigenvalue weighted by atomic mass is 10.2. The van der Waals surface area contributed by atoms with Crippen molar-refractivity contribution in [2.24, 2.45) is 10.2 Å². The number of benzene rings is 2. The fraction of sp³-hybridized carbons (Fsp3) is 0.0526. The topological polar surface area (TPSA) is 75.4 Å². The zero-order chi connectivity index (χ0) is 19.7. The van der Waals surface area contributed by atoms with Crippen LogP contribution in [0.25, 0.3) is 16.4 Å². The van der Waals surface area contributed by atoms with Crippen molar-refractivity contribution >= 4 is 45.9 Å². The summed E-state index contributed by atoms with van der Waals surface area (Å²) in [6.45, 7) is 1.75. The maximum absolute atomic E-state index is 12.8. The minimum absolute atomic E-state index is 0.188. The van der Waals surface area contributed by atoms with Crippen molar-refractivity contribution in [1.82, 2.24) is 14.8 Å². The number of azo groups is 1. The van der Waals surface area contributed by atoms with Crippen LogP contribution in [-0.4, -0.2) is 14.8 Å². The van der Waals surface area contributed by atoms with Gasteiger partial charge in [0.2, 0.25) is 5.13 Å². The molecule has 0 saturated carbocycles. The molecule has 0 aliphatic carbocycles. The molecule has 0 amide bonds. The van der Waals surface area contributed by atoms with Gasteiger partial charge in [-0.05, 0) is 25.1 Å². The number of aromatic nitrogens is 3. The quantitative estimate of drug-likeness (QED) is 0.385. The maximum Gasteiger partial charge on any atom is 0.301 e. The van der Waals surface area contributed by atoms with Gasteiger partial charge in [0.15, 0.2) is 5.69 Å². The van der Waals surface area contributed by atoms with E-state index < -0.39 is 0 Å². The Balaban J connectivity index is 1.69. The van der Waals surface area contributed by atoms with Crippen molar-refractivity contribution in [2.45, 2.75) is 6.92 Å². The fourth-order valence-electron chi connectivity index (χ4n) is 2.56. The third-order valence-corrected chi connectivity index (χ3v) is 5.34. The lowest BCUT2D eigenvalue weighted by Crippen LogP contribution is -2.13. The molecule has 140 valence electrons. The van der Waals surface area contributed by atoms with Crippen LogP contribution in [0.5, 0.6) is 0 Å². The summed E-state index contributed by atoms with van der Waals surface area (Å²) < 4.78 is 1.36. The van der Waals surface area contributed by atoms with E-state index in [0.29, 0.717) is 26.6 Å². The summed E-state index contributed by atoms with van der Waals surface area (Å²) in [6.07, 6.45) is 0. The predicted molar refractivity (Wildman–Crippen MR) is 113 cm³/mol. The minimum Gasteiger partial charge on any atom is -0.291 e. The van der Waals surface area contributed by atoms with Gasteiger partial charge in [0.05, 0.1) is 16.4 Å². The molecule has 0 unspecified atom stereocenters. The summed E-state index contributed by atoms with van der Waals surface area (Å²) in [5.74, 6) is 0. The van der Waals surface area contributed by atoms with Crippen molar-refractivity contribution in [3.63, 3.8) is 0 Å². The highest BCUT2D eigenvalue weighted by atomic mass is 35.5. The second-order valence-electron chi connectivity index (χ2n) is 5.90. The van der Waals surface area contributed by atoms with Crippen LogP contribution >= 0.6 is 34.5 Å². The standard InChI is InChI=1S/C19H13Cl2N5OS/c1-11-17(24-23-15-9-13(20)7-8-14(15)21)18(27)26(25-11)19-22-16(10-28-19)12-5-3-2-4-6-12/h2-10,25H,1H3. The van der Waals surface area contributed by atoms with Crippen molar-refractivity contribution < 1.29 is 0 Å². The molecule has 2 aromatic heterocycles. The predicted octanol–water partition coefficient (Wildman–Crippen LogP) is 6.32. The lowest BCUT2D eigenvalue weighted by Gasteiger charge is -1.96. The van der Waals surface area contributed by atoms with Crippen molar-refractivity contribution in [3.8, 4) is 16.4 Å². The molecule has 28 heavy (non-hydrogen) atoms. The number of thiazole rings is 1. The molecule has 2 aromatic carbocycles. The molecule has 0 fully saturated rings. The third-order valence-electron chi connectivity index (χ3n) is 3.96. The van der Waals surface area contributed by atoms with Gasteiger partial charge in [-0.25, -0.2) is 4.98 Å². The van der Waals surface area contributed by atoms with Gasteiger partial charge in [0.1, 0.15) is 5.69 Å². The molecule has 0 radical (unpaired) electrons. The zero-order valence-electron chi connectivity index (χ0n) is 14.6. The Bertz CT molecular complexity index is 1230. The second kappa shape index (κ2) is 7.71. The molecule has 4 rings (SSSR count). The van der Waals surface area contributed by atoms with E-state index in [9.17, 15) is 4.79 Å². The van der Waals surface area contributed by atoms with Gasteiger partial charge >= 0.3 is 5.56 Å². The molecule has 9 heteroatoms. The van der Waals surface area contributed by atoms with Crippen molar-refractivity contribution in [3.05, 3.63) is 80.0 Å². The highest BCUT2D eigenvalue weighted by Crippen LogP contribution is 2.30. The van der Waals surface area contributed by atoms with E-state index in [4.69, 9.17) is 23.2 Å². The average Bonchev–Trinajstić information content (AvgIpc) is 3.29. The second-order valence-corrected chi connectivity index (χ2v) is 7.58. The first-order valence-electron chi connectivity index (χ1n) is 8.22. The lowest BCUT2D eigenvalue weighted by molar-refractivity contribution is 0.827. The van der Waals surface area contributed by atoms with Gasteiger partial charge in [-0.3, -0.25) is 9.89 Å². The monoisotopic (exact) mass is 429 g/mol. The number of nitrogens with one attached hydrogen (secondary N) is 1. The van der Waals surface area contributed by atoms with Crippen LogP contribution in [0.15, 0.2) is 68.9 Å². The number of aryl methyl sites for hydroxylation is 1. The maximum atomic E-state index is 12.8. The van der Waals surface area contributed by atoms with E-state index in [2.05, 4.69) is 20.3 Å². The molecule has 0 aliphatic heterocycles. The number of halogens is 2. The number of nitrogens with zero attached hydrogens (tertiary/aromatic N) is 4. The molecular formula is C19H13Cl2N5OS. The summed E-state index contributed by atoms with van der Waals surface area (Å²) >= 11 is 13.4. The summed E-state index contributed by atoms with van der Waals surface area (Å²) in [5, 5.41) is 14.5.